The summed E-state index contributed by atoms with van der Waals surface area (Å²) in [6, 6.07) is 0. The second-order valence-electron chi connectivity index (χ2n) is 7.13. The van der Waals surface area contributed by atoms with Crippen LogP contribution in [0.25, 0.3) is 0 Å². The van der Waals surface area contributed by atoms with Crippen molar-refractivity contribution in [3.05, 3.63) is 12.1 Å². The SMILES string of the molecule is CC1(C)OB(/C=C/CCC2CCCCC2)OC1(C)C. The maximum atomic E-state index is 5.95. The van der Waals surface area contributed by atoms with Crippen molar-refractivity contribution in [1.29, 1.82) is 0 Å². The molecule has 2 nitrogen and oxygen atoms in total. The molecule has 1 aliphatic heterocycles. The third-order valence-electron chi connectivity index (χ3n) is 5.03. The Balaban J connectivity index is 1.72. The smallest absolute Gasteiger partial charge is 0.400 e. The molecule has 1 aliphatic carbocycles. The molecule has 0 aromatic rings. The highest BCUT2D eigenvalue weighted by Gasteiger charge is 2.49. The molecule has 108 valence electrons. The third kappa shape index (κ3) is 3.85. The van der Waals surface area contributed by atoms with Crippen LogP contribution in [0.15, 0.2) is 12.1 Å². The molecule has 0 bridgehead atoms. The van der Waals surface area contributed by atoms with Crippen LogP contribution in [-0.4, -0.2) is 18.3 Å². The van der Waals surface area contributed by atoms with Crippen LogP contribution in [0.2, 0.25) is 0 Å². The fourth-order valence-electron chi connectivity index (χ4n) is 2.98. The third-order valence-corrected chi connectivity index (χ3v) is 5.03. The quantitative estimate of drug-likeness (QED) is 0.694. The van der Waals surface area contributed by atoms with Gasteiger partial charge in [-0.25, -0.2) is 0 Å². The Labute approximate surface area is 119 Å². The molecule has 0 unspecified atom stereocenters. The molecule has 19 heavy (non-hydrogen) atoms. The van der Waals surface area contributed by atoms with E-state index in [4.69, 9.17) is 9.31 Å². The second kappa shape index (κ2) is 6.01. The Hall–Kier alpha value is -0.275. The summed E-state index contributed by atoms with van der Waals surface area (Å²) in [5.41, 5.74) is -0.434. The number of hydrogen-bond acceptors (Lipinski definition) is 2. The van der Waals surface area contributed by atoms with E-state index < -0.39 is 0 Å². The van der Waals surface area contributed by atoms with Crippen LogP contribution in [0.1, 0.15) is 72.6 Å². The average molecular weight is 264 g/mol. The lowest BCUT2D eigenvalue weighted by Gasteiger charge is -2.32. The molecular weight excluding hydrogens is 235 g/mol. The Bertz CT molecular complexity index is 301. The predicted molar refractivity (Wildman–Crippen MR) is 81.0 cm³/mol. The number of allylic oxidation sites excluding steroid dienone is 1. The van der Waals surface area contributed by atoms with Gasteiger partial charge in [-0.2, -0.15) is 0 Å². The largest absolute Gasteiger partial charge is 0.486 e. The van der Waals surface area contributed by atoms with Crippen LogP contribution in [0.4, 0.5) is 0 Å². The lowest BCUT2D eigenvalue weighted by Crippen LogP contribution is -2.41. The number of rotatable bonds is 4. The molecule has 0 aromatic heterocycles. The maximum absolute atomic E-state index is 5.95. The monoisotopic (exact) mass is 264 g/mol. The van der Waals surface area contributed by atoms with E-state index >= 15 is 0 Å². The summed E-state index contributed by atoms with van der Waals surface area (Å²) in [6.45, 7) is 8.40. The van der Waals surface area contributed by atoms with Gasteiger partial charge in [0, 0.05) is 0 Å². The first-order valence-electron chi connectivity index (χ1n) is 7.93. The summed E-state index contributed by atoms with van der Waals surface area (Å²) in [7, 11) is -0.170. The molecule has 1 saturated carbocycles. The zero-order valence-electron chi connectivity index (χ0n) is 13.1. The van der Waals surface area contributed by atoms with Crippen molar-refractivity contribution >= 4 is 7.12 Å². The molecule has 0 radical (unpaired) electrons. The van der Waals surface area contributed by atoms with Gasteiger partial charge in [-0.15, -0.1) is 0 Å². The van der Waals surface area contributed by atoms with Crippen molar-refractivity contribution < 1.29 is 9.31 Å². The van der Waals surface area contributed by atoms with Gasteiger partial charge in [-0.1, -0.05) is 44.2 Å². The zero-order valence-corrected chi connectivity index (χ0v) is 13.1. The summed E-state index contributed by atoms with van der Waals surface area (Å²) >= 11 is 0. The van der Waals surface area contributed by atoms with Crippen LogP contribution in [0, 0.1) is 5.92 Å². The highest BCUT2D eigenvalue weighted by atomic mass is 16.7. The van der Waals surface area contributed by atoms with Crippen molar-refractivity contribution in [3.8, 4) is 0 Å². The lowest BCUT2D eigenvalue weighted by atomic mass is 9.85. The second-order valence-corrected chi connectivity index (χ2v) is 7.13. The summed E-state index contributed by atoms with van der Waals surface area (Å²) in [6.07, 6.45) is 11.9. The minimum Gasteiger partial charge on any atom is -0.400 e. The van der Waals surface area contributed by atoms with E-state index in [2.05, 4.69) is 39.7 Å². The summed E-state index contributed by atoms with van der Waals surface area (Å²) in [5, 5.41) is 0. The van der Waals surface area contributed by atoms with E-state index in [-0.39, 0.29) is 18.3 Å². The maximum Gasteiger partial charge on any atom is 0.486 e. The first-order chi connectivity index (χ1) is 8.91. The van der Waals surface area contributed by atoms with E-state index in [1.54, 1.807) is 0 Å². The van der Waals surface area contributed by atoms with Crippen molar-refractivity contribution in [3.63, 3.8) is 0 Å². The molecule has 1 saturated heterocycles. The normalized spacial score (nSPS) is 27.3. The van der Waals surface area contributed by atoms with Crippen LogP contribution < -0.4 is 0 Å². The van der Waals surface area contributed by atoms with Crippen LogP contribution in [-0.2, 0) is 9.31 Å². The Morgan fingerprint density at radius 2 is 1.58 bits per heavy atom. The Kier molecular flexibility index (Phi) is 4.78. The Morgan fingerprint density at radius 3 is 2.16 bits per heavy atom. The molecule has 0 amide bonds. The molecule has 0 atom stereocenters. The highest BCUT2D eigenvalue weighted by Crippen LogP contribution is 2.37. The van der Waals surface area contributed by atoms with Gasteiger partial charge in [0.05, 0.1) is 11.2 Å². The van der Waals surface area contributed by atoms with Gasteiger partial charge in [-0.3, -0.25) is 0 Å². The molecule has 0 spiro atoms. The van der Waals surface area contributed by atoms with Crippen molar-refractivity contribution in [2.75, 3.05) is 0 Å². The minimum absolute atomic E-state index is 0.170. The molecule has 3 heteroatoms. The van der Waals surface area contributed by atoms with Crippen molar-refractivity contribution in [2.24, 2.45) is 5.92 Å². The van der Waals surface area contributed by atoms with E-state index in [1.165, 1.54) is 38.5 Å². The minimum atomic E-state index is -0.217. The van der Waals surface area contributed by atoms with Crippen LogP contribution in [0.3, 0.4) is 0 Å². The summed E-state index contributed by atoms with van der Waals surface area (Å²) < 4.78 is 11.9. The first kappa shape index (κ1) is 15.1. The molecule has 2 aliphatic rings. The topological polar surface area (TPSA) is 18.5 Å². The fourth-order valence-corrected chi connectivity index (χ4v) is 2.98. The summed E-state index contributed by atoms with van der Waals surface area (Å²) in [5.74, 6) is 3.05. The molecule has 1 heterocycles. The fraction of sp³-hybridized carbons (Fsp3) is 0.875. The summed E-state index contributed by atoms with van der Waals surface area (Å²) in [4.78, 5) is 0. The Morgan fingerprint density at radius 1 is 1.00 bits per heavy atom. The van der Waals surface area contributed by atoms with E-state index in [9.17, 15) is 0 Å². The molecule has 0 N–H and O–H groups in total. The van der Waals surface area contributed by atoms with Gasteiger partial charge < -0.3 is 9.31 Å². The van der Waals surface area contributed by atoms with Crippen LogP contribution in [0.5, 0.6) is 0 Å². The van der Waals surface area contributed by atoms with Crippen molar-refractivity contribution in [1.82, 2.24) is 0 Å². The van der Waals surface area contributed by atoms with Gasteiger partial charge in [-0.05, 0) is 46.5 Å². The molecule has 2 rings (SSSR count). The van der Waals surface area contributed by atoms with Crippen molar-refractivity contribution in [2.45, 2.75) is 83.8 Å². The van der Waals surface area contributed by atoms with Gasteiger partial charge >= 0.3 is 7.12 Å². The average Bonchev–Trinajstić information content (AvgIpc) is 2.55. The standard InChI is InChI=1S/C16H29BO2/c1-15(2)16(3,4)19-17(18-15)13-9-8-12-14-10-6-5-7-11-14/h9,13-14H,5-8,10-12H2,1-4H3/b13-9+. The molecule has 2 fully saturated rings. The lowest BCUT2D eigenvalue weighted by molar-refractivity contribution is 0.00578. The van der Waals surface area contributed by atoms with E-state index in [1.807, 2.05) is 0 Å². The van der Waals surface area contributed by atoms with E-state index in [0.717, 1.165) is 12.3 Å². The van der Waals surface area contributed by atoms with Gasteiger partial charge in [0.1, 0.15) is 0 Å². The predicted octanol–water partition coefficient (Wildman–Crippen LogP) is 4.53. The molecule has 0 aromatic carbocycles. The van der Waals surface area contributed by atoms with Gasteiger partial charge in [0.15, 0.2) is 0 Å². The molecular formula is C16H29BO2. The highest BCUT2D eigenvalue weighted by molar-refractivity contribution is 6.51. The van der Waals surface area contributed by atoms with E-state index in [0.29, 0.717) is 0 Å². The van der Waals surface area contributed by atoms with Crippen LogP contribution >= 0.6 is 0 Å². The first-order valence-corrected chi connectivity index (χ1v) is 7.93. The van der Waals surface area contributed by atoms with Gasteiger partial charge in [0.2, 0.25) is 0 Å². The van der Waals surface area contributed by atoms with Gasteiger partial charge in [0.25, 0.3) is 0 Å². The zero-order chi connectivity index (χ0) is 13.9. The number of hydrogen-bond donors (Lipinski definition) is 0.